The molecule has 0 aliphatic carbocycles. The van der Waals surface area contributed by atoms with Crippen LogP contribution in [0.3, 0.4) is 0 Å². The molecule has 0 radical (unpaired) electrons. The first kappa shape index (κ1) is 14.2. The van der Waals surface area contributed by atoms with Crippen LogP contribution < -0.4 is 4.74 Å². The molecule has 2 aromatic rings. The number of fused-ring (bicyclic) bond motifs is 1. The predicted molar refractivity (Wildman–Crippen MR) is 84.1 cm³/mol. The van der Waals surface area contributed by atoms with Crippen molar-refractivity contribution in [2.45, 2.75) is 25.7 Å². The van der Waals surface area contributed by atoms with Crippen LogP contribution in [0.4, 0.5) is 0 Å². The zero-order chi connectivity index (χ0) is 14.7. The largest absolute Gasteiger partial charge is 0.493 e. The van der Waals surface area contributed by atoms with E-state index in [9.17, 15) is 4.79 Å². The second-order valence-corrected chi connectivity index (χ2v) is 5.82. The van der Waals surface area contributed by atoms with Gasteiger partial charge in [0.15, 0.2) is 0 Å². The first-order valence-corrected chi connectivity index (χ1v) is 7.59. The molecule has 108 valence electrons. The molecular weight excluding hydrogens is 284 g/mol. The van der Waals surface area contributed by atoms with Crippen molar-refractivity contribution in [2.24, 2.45) is 0 Å². The molecule has 0 amide bonds. The summed E-state index contributed by atoms with van der Waals surface area (Å²) in [5.41, 5.74) is 3.49. The molecule has 0 spiro atoms. The monoisotopic (exact) mass is 300 g/mol. The van der Waals surface area contributed by atoms with Crippen molar-refractivity contribution in [3.63, 3.8) is 0 Å². The van der Waals surface area contributed by atoms with Gasteiger partial charge < -0.3 is 4.74 Å². The maximum absolute atomic E-state index is 12.0. The van der Waals surface area contributed by atoms with Crippen molar-refractivity contribution in [3.8, 4) is 5.75 Å². The Morgan fingerprint density at radius 2 is 1.86 bits per heavy atom. The van der Waals surface area contributed by atoms with Crippen molar-refractivity contribution in [1.29, 1.82) is 0 Å². The van der Waals surface area contributed by atoms with Crippen LogP contribution in [-0.2, 0) is 24.1 Å². The van der Waals surface area contributed by atoms with E-state index in [4.69, 9.17) is 16.3 Å². The van der Waals surface area contributed by atoms with Crippen molar-refractivity contribution >= 4 is 17.4 Å². The van der Waals surface area contributed by atoms with Gasteiger partial charge in [0.25, 0.3) is 0 Å². The molecule has 3 heteroatoms. The summed E-state index contributed by atoms with van der Waals surface area (Å²) in [5, 5.41) is 0.701. The normalized spacial score (nSPS) is 12.8. The van der Waals surface area contributed by atoms with Crippen LogP contribution in [0.1, 0.15) is 23.1 Å². The Kier molecular flexibility index (Phi) is 4.26. The smallest absolute Gasteiger partial charge is 0.137 e. The van der Waals surface area contributed by atoms with Gasteiger partial charge in [-0.2, -0.15) is 0 Å². The molecule has 1 heterocycles. The average molecular weight is 301 g/mol. The maximum Gasteiger partial charge on any atom is 0.137 e. The molecule has 0 N–H and O–H groups in total. The number of aryl methyl sites for hydroxylation is 1. The van der Waals surface area contributed by atoms with Gasteiger partial charge in [-0.15, -0.1) is 0 Å². The van der Waals surface area contributed by atoms with E-state index in [0.29, 0.717) is 17.9 Å². The maximum atomic E-state index is 12.0. The van der Waals surface area contributed by atoms with Gasteiger partial charge in [-0.25, -0.2) is 0 Å². The van der Waals surface area contributed by atoms with Gasteiger partial charge in [-0.3, -0.25) is 4.79 Å². The van der Waals surface area contributed by atoms with Gasteiger partial charge in [0.2, 0.25) is 0 Å². The fourth-order valence-electron chi connectivity index (χ4n) is 2.60. The molecule has 1 aliphatic rings. The van der Waals surface area contributed by atoms with Crippen LogP contribution in [0, 0.1) is 0 Å². The zero-order valence-corrected chi connectivity index (χ0v) is 12.5. The summed E-state index contributed by atoms with van der Waals surface area (Å²) in [6, 6.07) is 13.7. The first-order valence-electron chi connectivity index (χ1n) is 7.21. The third-order valence-electron chi connectivity index (χ3n) is 3.76. The molecule has 0 saturated carbocycles. The van der Waals surface area contributed by atoms with Crippen molar-refractivity contribution in [1.82, 2.24) is 0 Å². The molecule has 2 nitrogen and oxygen atoms in total. The number of benzene rings is 2. The van der Waals surface area contributed by atoms with Gasteiger partial charge in [0.1, 0.15) is 11.5 Å². The van der Waals surface area contributed by atoms with Gasteiger partial charge >= 0.3 is 0 Å². The Hall–Kier alpha value is -1.80. The third-order valence-corrected chi connectivity index (χ3v) is 4.01. The van der Waals surface area contributed by atoms with Gasteiger partial charge in [-0.1, -0.05) is 35.9 Å². The van der Waals surface area contributed by atoms with E-state index in [1.165, 1.54) is 11.1 Å². The number of Topliss-reactive ketones (excluding diaryl/α,β-unsaturated/α-hetero) is 1. The summed E-state index contributed by atoms with van der Waals surface area (Å²) >= 11 is 5.84. The molecule has 1 aliphatic heterocycles. The van der Waals surface area contributed by atoms with Gasteiger partial charge in [-0.05, 0) is 41.3 Å². The minimum atomic E-state index is 0.258. The second-order valence-electron chi connectivity index (χ2n) is 5.38. The van der Waals surface area contributed by atoms with Crippen LogP contribution >= 0.6 is 11.6 Å². The summed E-state index contributed by atoms with van der Waals surface area (Å²) in [6.07, 6.45) is 2.81. The van der Waals surface area contributed by atoms with Gasteiger partial charge in [0.05, 0.1) is 6.61 Å². The molecule has 21 heavy (non-hydrogen) atoms. The molecule has 0 saturated heterocycles. The van der Waals surface area contributed by atoms with Crippen LogP contribution in [0.5, 0.6) is 5.75 Å². The van der Waals surface area contributed by atoms with Crippen LogP contribution in [0.25, 0.3) is 0 Å². The highest BCUT2D eigenvalue weighted by molar-refractivity contribution is 6.30. The molecule has 0 bridgehead atoms. The number of rotatable bonds is 5. The number of hydrogen-bond acceptors (Lipinski definition) is 2. The van der Waals surface area contributed by atoms with E-state index in [1.54, 1.807) is 0 Å². The Balaban J connectivity index is 1.55. The number of carbonyl (C=O) groups is 1. The number of halogens is 1. The molecular formula is C18H17ClO2. The van der Waals surface area contributed by atoms with E-state index in [1.807, 2.05) is 30.3 Å². The SMILES string of the molecule is O=C(CCc1ccc2c(c1)CCO2)Cc1ccc(Cl)cc1. The fourth-order valence-corrected chi connectivity index (χ4v) is 2.72. The fraction of sp³-hybridized carbons (Fsp3) is 0.278. The molecule has 2 aromatic carbocycles. The summed E-state index contributed by atoms with van der Waals surface area (Å²) < 4.78 is 5.49. The zero-order valence-electron chi connectivity index (χ0n) is 11.8. The highest BCUT2D eigenvalue weighted by Crippen LogP contribution is 2.26. The number of carbonyl (C=O) groups excluding carboxylic acids is 1. The Morgan fingerprint density at radius 1 is 1.10 bits per heavy atom. The lowest BCUT2D eigenvalue weighted by Gasteiger charge is -2.05. The highest BCUT2D eigenvalue weighted by Gasteiger charge is 2.12. The van der Waals surface area contributed by atoms with Crippen LogP contribution in [0.15, 0.2) is 42.5 Å². The summed E-state index contributed by atoms with van der Waals surface area (Å²) in [7, 11) is 0. The summed E-state index contributed by atoms with van der Waals surface area (Å²) in [5.74, 6) is 1.25. The number of ether oxygens (including phenoxy) is 1. The highest BCUT2D eigenvalue weighted by atomic mass is 35.5. The van der Waals surface area contributed by atoms with Crippen molar-refractivity contribution in [2.75, 3.05) is 6.61 Å². The second kappa shape index (κ2) is 6.31. The molecule has 0 unspecified atom stereocenters. The molecule has 0 aromatic heterocycles. The number of hydrogen-bond donors (Lipinski definition) is 0. The number of ketones is 1. The molecule has 0 fully saturated rings. The van der Waals surface area contributed by atoms with Crippen molar-refractivity contribution in [3.05, 3.63) is 64.2 Å². The van der Waals surface area contributed by atoms with E-state index in [0.717, 1.165) is 30.8 Å². The van der Waals surface area contributed by atoms with E-state index < -0.39 is 0 Å². The minimum absolute atomic E-state index is 0.258. The van der Waals surface area contributed by atoms with E-state index in [2.05, 4.69) is 12.1 Å². The van der Waals surface area contributed by atoms with Gasteiger partial charge in [0, 0.05) is 24.3 Å². The topological polar surface area (TPSA) is 26.3 Å². The van der Waals surface area contributed by atoms with E-state index in [-0.39, 0.29) is 5.78 Å². The molecule has 3 rings (SSSR count). The van der Waals surface area contributed by atoms with E-state index >= 15 is 0 Å². The predicted octanol–water partition coefficient (Wildman–Crippen LogP) is 4.02. The standard InChI is InChI=1S/C18H17ClO2/c19-16-5-1-14(2-6-16)12-17(20)7-3-13-4-8-18-15(11-13)9-10-21-18/h1-2,4-6,8,11H,3,7,9-10,12H2. The Labute approximate surface area is 129 Å². The quantitative estimate of drug-likeness (QED) is 0.833. The van der Waals surface area contributed by atoms with Crippen LogP contribution in [-0.4, -0.2) is 12.4 Å². The Morgan fingerprint density at radius 3 is 2.67 bits per heavy atom. The lowest BCUT2D eigenvalue weighted by atomic mass is 10.0. The Bertz CT molecular complexity index is 647. The lowest BCUT2D eigenvalue weighted by molar-refractivity contribution is -0.118. The average Bonchev–Trinajstić information content (AvgIpc) is 2.95. The van der Waals surface area contributed by atoms with Crippen LogP contribution in [0.2, 0.25) is 5.02 Å². The third kappa shape index (κ3) is 3.64. The van der Waals surface area contributed by atoms with Crippen molar-refractivity contribution < 1.29 is 9.53 Å². The first-order chi connectivity index (χ1) is 10.2. The molecule has 0 atom stereocenters. The summed E-state index contributed by atoms with van der Waals surface area (Å²) in [6.45, 7) is 0.772. The summed E-state index contributed by atoms with van der Waals surface area (Å²) in [4.78, 5) is 12.0. The lowest BCUT2D eigenvalue weighted by Crippen LogP contribution is -2.04. The minimum Gasteiger partial charge on any atom is -0.493 e.